The SMILES string of the molecule is CC1=C2CCCC(=O)[C@]2(C)CCC1=O. The second-order valence-corrected chi connectivity index (χ2v) is 4.64. The first-order chi connectivity index (χ1) is 6.55. The molecule has 0 radical (unpaired) electrons. The lowest BCUT2D eigenvalue weighted by atomic mass is 9.63. The molecule has 0 aliphatic heterocycles. The maximum absolute atomic E-state index is 11.9. The van der Waals surface area contributed by atoms with Gasteiger partial charge in [-0.25, -0.2) is 0 Å². The first-order valence-electron chi connectivity index (χ1n) is 5.32. The second-order valence-electron chi connectivity index (χ2n) is 4.64. The highest BCUT2D eigenvalue weighted by molar-refractivity contribution is 6.01. The molecule has 0 bridgehead atoms. The summed E-state index contributed by atoms with van der Waals surface area (Å²) in [6, 6.07) is 0. The van der Waals surface area contributed by atoms with Crippen molar-refractivity contribution in [1.29, 1.82) is 0 Å². The van der Waals surface area contributed by atoms with Gasteiger partial charge in [-0.3, -0.25) is 9.59 Å². The molecular weight excluding hydrogens is 176 g/mol. The van der Waals surface area contributed by atoms with Crippen LogP contribution in [0.3, 0.4) is 0 Å². The summed E-state index contributed by atoms with van der Waals surface area (Å²) in [5.74, 6) is 0.581. The number of rotatable bonds is 0. The highest BCUT2D eigenvalue weighted by atomic mass is 16.1. The van der Waals surface area contributed by atoms with Crippen LogP contribution in [0.2, 0.25) is 0 Å². The van der Waals surface area contributed by atoms with Crippen molar-refractivity contribution in [3.63, 3.8) is 0 Å². The maximum atomic E-state index is 11.9. The molecule has 0 heterocycles. The number of ketones is 2. The topological polar surface area (TPSA) is 34.1 Å². The molecule has 76 valence electrons. The van der Waals surface area contributed by atoms with E-state index in [9.17, 15) is 9.59 Å². The van der Waals surface area contributed by atoms with Crippen LogP contribution in [-0.2, 0) is 9.59 Å². The number of allylic oxidation sites excluding steroid dienone is 2. The maximum Gasteiger partial charge on any atom is 0.158 e. The second kappa shape index (κ2) is 3.04. The zero-order valence-electron chi connectivity index (χ0n) is 8.85. The molecule has 0 aromatic rings. The number of carbonyl (C=O) groups excluding carboxylic acids is 2. The van der Waals surface area contributed by atoms with E-state index in [1.54, 1.807) is 0 Å². The van der Waals surface area contributed by atoms with Crippen molar-refractivity contribution in [1.82, 2.24) is 0 Å². The van der Waals surface area contributed by atoms with E-state index in [1.807, 2.05) is 13.8 Å². The predicted octanol–water partition coefficient (Wildman–Crippen LogP) is 2.43. The summed E-state index contributed by atoms with van der Waals surface area (Å²) in [7, 11) is 0. The molecule has 0 amide bonds. The number of Topliss-reactive ketones (excluding diaryl/α,β-unsaturated/α-hetero) is 2. The Hall–Kier alpha value is -0.920. The Kier molecular flexibility index (Phi) is 2.09. The Morgan fingerprint density at radius 1 is 1.14 bits per heavy atom. The average molecular weight is 192 g/mol. The summed E-state index contributed by atoms with van der Waals surface area (Å²) in [5, 5.41) is 0. The van der Waals surface area contributed by atoms with E-state index in [2.05, 4.69) is 0 Å². The van der Waals surface area contributed by atoms with Gasteiger partial charge < -0.3 is 0 Å². The zero-order chi connectivity index (χ0) is 10.3. The normalized spacial score (nSPS) is 33.3. The minimum absolute atomic E-state index is 0.243. The summed E-state index contributed by atoms with van der Waals surface area (Å²) in [5.41, 5.74) is 1.70. The molecule has 2 aliphatic carbocycles. The van der Waals surface area contributed by atoms with E-state index < -0.39 is 0 Å². The molecule has 0 spiro atoms. The van der Waals surface area contributed by atoms with Crippen molar-refractivity contribution in [2.75, 3.05) is 0 Å². The summed E-state index contributed by atoms with van der Waals surface area (Å²) >= 11 is 0. The summed E-state index contributed by atoms with van der Waals surface area (Å²) < 4.78 is 0. The lowest BCUT2D eigenvalue weighted by molar-refractivity contribution is -0.129. The van der Waals surface area contributed by atoms with Crippen LogP contribution in [0.25, 0.3) is 0 Å². The van der Waals surface area contributed by atoms with Crippen LogP contribution in [-0.4, -0.2) is 11.6 Å². The zero-order valence-corrected chi connectivity index (χ0v) is 8.85. The van der Waals surface area contributed by atoms with Crippen LogP contribution in [0.5, 0.6) is 0 Å². The van der Waals surface area contributed by atoms with Crippen LogP contribution < -0.4 is 0 Å². The van der Waals surface area contributed by atoms with Crippen molar-refractivity contribution in [3.05, 3.63) is 11.1 Å². The third-order valence-electron chi connectivity index (χ3n) is 3.84. The van der Waals surface area contributed by atoms with Gasteiger partial charge in [-0.05, 0) is 38.7 Å². The Morgan fingerprint density at radius 2 is 1.86 bits per heavy atom. The van der Waals surface area contributed by atoms with Crippen molar-refractivity contribution >= 4 is 11.6 Å². The van der Waals surface area contributed by atoms with E-state index in [0.29, 0.717) is 18.6 Å². The first-order valence-corrected chi connectivity index (χ1v) is 5.32. The Balaban J connectivity index is 2.50. The quantitative estimate of drug-likeness (QED) is 0.590. The summed E-state index contributed by atoms with van der Waals surface area (Å²) in [6.45, 7) is 3.90. The minimum Gasteiger partial charge on any atom is -0.299 e. The highest BCUT2D eigenvalue weighted by Gasteiger charge is 2.43. The molecule has 2 rings (SSSR count). The number of carbonyl (C=O) groups is 2. The van der Waals surface area contributed by atoms with E-state index in [-0.39, 0.29) is 11.2 Å². The number of hydrogen-bond acceptors (Lipinski definition) is 2. The largest absolute Gasteiger partial charge is 0.299 e. The van der Waals surface area contributed by atoms with Crippen molar-refractivity contribution in [2.24, 2.45) is 5.41 Å². The molecule has 2 aliphatic rings. The molecule has 2 heteroatoms. The van der Waals surface area contributed by atoms with Gasteiger partial charge in [0.15, 0.2) is 5.78 Å². The third-order valence-corrected chi connectivity index (χ3v) is 3.84. The lowest BCUT2D eigenvalue weighted by Gasteiger charge is -2.39. The molecule has 1 fully saturated rings. The standard InChI is InChI=1S/C12H16O2/c1-8-9-4-3-5-11(14)12(9,2)7-6-10(8)13/h3-7H2,1-2H3/t12-/m1/s1. The lowest BCUT2D eigenvalue weighted by Crippen LogP contribution is -2.38. The monoisotopic (exact) mass is 192 g/mol. The fourth-order valence-corrected chi connectivity index (χ4v) is 2.76. The Morgan fingerprint density at radius 3 is 2.57 bits per heavy atom. The molecule has 2 nitrogen and oxygen atoms in total. The number of hydrogen-bond donors (Lipinski definition) is 0. The summed E-state index contributed by atoms with van der Waals surface area (Å²) in [4.78, 5) is 23.4. The third kappa shape index (κ3) is 1.17. The highest BCUT2D eigenvalue weighted by Crippen LogP contribution is 2.46. The van der Waals surface area contributed by atoms with Gasteiger partial charge in [-0.2, -0.15) is 0 Å². The van der Waals surface area contributed by atoms with Gasteiger partial charge in [0.05, 0.1) is 0 Å². The minimum atomic E-state index is -0.295. The molecule has 0 aromatic heterocycles. The van der Waals surface area contributed by atoms with Gasteiger partial charge in [-0.15, -0.1) is 0 Å². The fourth-order valence-electron chi connectivity index (χ4n) is 2.76. The van der Waals surface area contributed by atoms with Gasteiger partial charge in [0.25, 0.3) is 0 Å². The summed E-state index contributed by atoms with van der Waals surface area (Å²) in [6.07, 6.45) is 3.85. The molecule has 0 saturated heterocycles. The molecule has 1 saturated carbocycles. The van der Waals surface area contributed by atoms with Crippen molar-refractivity contribution < 1.29 is 9.59 Å². The van der Waals surface area contributed by atoms with Crippen LogP contribution >= 0.6 is 0 Å². The van der Waals surface area contributed by atoms with E-state index in [1.165, 1.54) is 0 Å². The van der Waals surface area contributed by atoms with Crippen LogP contribution in [0.1, 0.15) is 46.0 Å². The Labute approximate surface area is 84.4 Å². The average Bonchev–Trinajstić information content (AvgIpc) is 2.16. The molecular formula is C12H16O2. The van der Waals surface area contributed by atoms with Crippen LogP contribution in [0, 0.1) is 5.41 Å². The van der Waals surface area contributed by atoms with Gasteiger partial charge in [0.1, 0.15) is 5.78 Å². The fraction of sp³-hybridized carbons (Fsp3) is 0.667. The van der Waals surface area contributed by atoms with Gasteiger partial charge >= 0.3 is 0 Å². The smallest absolute Gasteiger partial charge is 0.158 e. The first kappa shape index (κ1) is 9.63. The van der Waals surface area contributed by atoms with Crippen LogP contribution in [0.4, 0.5) is 0 Å². The van der Waals surface area contributed by atoms with Gasteiger partial charge in [0.2, 0.25) is 0 Å². The number of fused-ring (bicyclic) bond motifs is 1. The van der Waals surface area contributed by atoms with Crippen LogP contribution in [0.15, 0.2) is 11.1 Å². The van der Waals surface area contributed by atoms with E-state index in [0.717, 1.165) is 30.4 Å². The van der Waals surface area contributed by atoms with Crippen molar-refractivity contribution in [2.45, 2.75) is 46.0 Å². The van der Waals surface area contributed by atoms with Crippen molar-refractivity contribution in [3.8, 4) is 0 Å². The van der Waals surface area contributed by atoms with Gasteiger partial charge in [0, 0.05) is 18.3 Å². The van der Waals surface area contributed by atoms with E-state index >= 15 is 0 Å². The molecule has 14 heavy (non-hydrogen) atoms. The molecule has 0 aromatic carbocycles. The predicted molar refractivity (Wildman–Crippen MR) is 53.9 cm³/mol. The van der Waals surface area contributed by atoms with Gasteiger partial charge in [-0.1, -0.05) is 5.57 Å². The molecule has 0 unspecified atom stereocenters. The Bertz CT molecular complexity index is 338. The molecule has 1 atom stereocenters. The van der Waals surface area contributed by atoms with E-state index in [4.69, 9.17) is 0 Å². The molecule has 0 N–H and O–H groups in total.